The van der Waals surface area contributed by atoms with Crippen LogP contribution < -0.4 is 10.1 Å². The van der Waals surface area contributed by atoms with E-state index in [1.54, 1.807) is 0 Å². The van der Waals surface area contributed by atoms with Crippen LogP contribution in [0, 0.1) is 17.3 Å². The molecule has 6 rings (SSSR count). The summed E-state index contributed by atoms with van der Waals surface area (Å²) in [6, 6.07) is 8.56. The molecule has 2 bridgehead atoms. The number of carbonyl (C=O) groups excluding carboxylic acids is 1. The fourth-order valence-corrected chi connectivity index (χ4v) is 6.62. The van der Waals surface area contributed by atoms with Crippen molar-refractivity contribution < 1.29 is 22.5 Å². The monoisotopic (exact) mass is 407 g/mol. The van der Waals surface area contributed by atoms with Gasteiger partial charge >= 0.3 is 0 Å². The number of benzene rings is 1. The van der Waals surface area contributed by atoms with Gasteiger partial charge in [-0.05, 0) is 50.0 Å². The molecule has 6 nitrogen and oxygen atoms in total. The molecule has 3 saturated carbocycles. The Morgan fingerprint density at radius 3 is 2.54 bits per heavy atom. The number of para-hydroxylation sites is 1. The van der Waals surface area contributed by atoms with Gasteiger partial charge in [0.15, 0.2) is 0 Å². The van der Waals surface area contributed by atoms with Gasteiger partial charge in [-0.15, -0.1) is 0 Å². The molecule has 2 N–H and O–H groups in total. The Balaban J connectivity index is 0.000000346. The lowest BCUT2D eigenvalue weighted by atomic mass is 9.39. The van der Waals surface area contributed by atoms with Crippen molar-refractivity contribution in [1.82, 2.24) is 5.32 Å². The molecule has 1 aromatic carbocycles. The van der Waals surface area contributed by atoms with Gasteiger partial charge in [-0.3, -0.25) is 9.35 Å². The second-order valence-corrected chi connectivity index (χ2v) is 10.2. The summed E-state index contributed by atoms with van der Waals surface area (Å²) in [7, 11) is -3.67. The highest BCUT2D eigenvalue weighted by molar-refractivity contribution is 7.85. The van der Waals surface area contributed by atoms with Crippen LogP contribution in [0.15, 0.2) is 24.3 Å². The second kappa shape index (κ2) is 6.73. The minimum Gasteiger partial charge on any atom is -0.489 e. The van der Waals surface area contributed by atoms with Crippen molar-refractivity contribution in [2.24, 2.45) is 17.3 Å². The lowest BCUT2D eigenvalue weighted by Crippen LogP contribution is -2.73. The molecule has 154 valence electrons. The SMILES string of the molecule is CCCC1CNC(=O)C23CCC(CC2)C2Oc4ccccc4C123.CS(=O)(=O)O. The third kappa shape index (κ3) is 2.70. The van der Waals surface area contributed by atoms with Gasteiger partial charge in [-0.2, -0.15) is 8.42 Å². The number of nitrogens with one attached hydrogen (secondary N) is 1. The highest BCUT2D eigenvalue weighted by Gasteiger charge is 2.74. The van der Waals surface area contributed by atoms with Crippen molar-refractivity contribution in [3.8, 4) is 5.75 Å². The predicted octanol–water partition coefficient (Wildman–Crippen LogP) is 2.93. The van der Waals surface area contributed by atoms with E-state index in [9.17, 15) is 13.2 Å². The van der Waals surface area contributed by atoms with Crippen LogP contribution in [0.3, 0.4) is 0 Å². The van der Waals surface area contributed by atoms with Crippen molar-refractivity contribution in [2.45, 2.75) is 57.0 Å². The zero-order valence-electron chi connectivity index (χ0n) is 16.5. The zero-order valence-corrected chi connectivity index (χ0v) is 17.3. The van der Waals surface area contributed by atoms with Gasteiger partial charge in [0, 0.05) is 12.1 Å². The fourth-order valence-electron chi connectivity index (χ4n) is 6.62. The molecule has 4 fully saturated rings. The van der Waals surface area contributed by atoms with E-state index in [2.05, 4.69) is 36.5 Å². The van der Waals surface area contributed by atoms with E-state index < -0.39 is 10.1 Å². The van der Waals surface area contributed by atoms with Crippen LogP contribution in [0.1, 0.15) is 51.0 Å². The number of ether oxygens (including phenoxy) is 1. The molecule has 2 spiro atoms. The third-order valence-electron chi connectivity index (χ3n) is 7.36. The van der Waals surface area contributed by atoms with Crippen LogP contribution in [0.25, 0.3) is 0 Å². The quantitative estimate of drug-likeness (QED) is 0.736. The number of fused-ring (bicyclic) bond motifs is 3. The Hall–Kier alpha value is -1.60. The van der Waals surface area contributed by atoms with Crippen LogP contribution in [0.5, 0.6) is 5.75 Å². The van der Waals surface area contributed by atoms with E-state index in [0.29, 0.717) is 24.0 Å². The number of hydrogen-bond donors (Lipinski definition) is 2. The minimum absolute atomic E-state index is 0.0803. The summed E-state index contributed by atoms with van der Waals surface area (Å²) in [5.41, 5.74) is 1.02. The van der Waals surface area contributed by atoms with Gasteiger partial charge in [-0.25, -0.2) is 0 Å². The summed E-state index contributed by atoms with van der Waals surface area (Å²) in [4.78, 5) is 13.1. The Labute approximate surface area is 166 Å². The Morgan fingerprint density at radius 1 is 1.25 bits per heavy atom. The van der Waals surface area contributed by atoms with Crippen molar-refractivity contribution in [3.63, 3.8) is 0 Å². The van der Waals surface area contributed by atoms with Gasteiger partial charge in [0.25, 0.3) is 10.1 Å². The average molecular weight is 408 g/mol. The Bertz CT molecular complexity index is 867. The predicted molar refractivity (Wildman–Crippen MR) is 106 cm³/mol. The van der Waals surface area contributed by atoms with E-state index in [1.807, 2.05) is 0 Å². The van der Waals surface area contributed by atoms with E-state index in [4.69, 9.17) is 9.29 Å². The molecule has 28 heavy (non-hydrogen) atoms. The molecule has 1 aromatic rings. The van der Waals surface area contributed by atoms with Gasteiger partial charge < -0.3 is 10.1 Å². The fraction of sp³-hybridized carbons (Fsp3) is 0.667. The van der Waals surface area contributed by atoms with Crippen LogP contribution in [0.2, 0.25) is 0 Å². The number of piperidine rings is 1. The maximum atomic E-state index is 13.1. The maximum absolute atomic E-state index is 13.1. The van der Waals surface area contributed by atoms with Crippen molar-refractivity contribution in [3.05, 3.63) is 29.8 Å². The molecule has 0 radical (unpaired) electrons. The van der Waals surface area contributed by atoms with Crippen molar-refractivity contribution in [2.75, 3.05) is 12.8 Å². The molecule has 1 saturated heterocycles. The molecule has 1 amide bonds. The highest BCUT2D eigenvalue weighted by Crippen LogP contribution is 2.70. The molecule has 3 aliphatic carbocycles. The molecule has 3 unspecified atom stereocenters. The molecule has 3 atom stereocenters. The van der Waals surface area contributed by atoms with Crippen molar-refractivity contribution >= 4 is 16.0 Å². The first-order chi connectivity index (χ1) is 13.2. The molecule has 5 aliphatic rings. The summed E-state index contributed by atoms with van der Waals surface area (Å²) >= 11 is 0. The molecule has 0 aromatic heterocycles. The minimum atomic E-state index is -3.67. The summed E-state index contributed by atoms with van der Waals surface area (Å²) in [5, 5.41) is 3.28. The zero-order chi connectivity index (χ0) is 20.2. The summed E-state index contributed by atoms with van der Waals surface area (Å²) in [6.07, 6.45) is 7.63. The standard InChI is InChI=1S/C20H25NO2.CH4O3S/c1-2-5-14-12-21-18(22)19-10-8-13(9-11-19)17-20(14,19)15-6-3-4-7-16(15)23-17;1-5(2,3)4/h3-4,6-7,13-14,17H,2,5,8-12H2,1H3,(H,21,22);1H3,(H,2,3,4). The van der Waals surface area contributed by atoms with E-state index in [0.717, 1.165) is 44.4 Å². The first-order valence-corrected chi connectivity index (χ1v) is 12.1. The van der Waals surface area contributed by atoms with Gasteiger partial charge in [0.05, 0.1) is 17.1 Å². The highest BCUT2D eigenvalue weighted by atomic mass is 32.2. The summed E-state index contributed by atoms with van der Waals surface area (Å²) in [5.74, 6) is 2.47. The Morgan fingerprint density at radius 2 is 1.89 bits per heavy atom. The van der Waals surface area contributed by atoms with Crippen LogP contribution in [-0.4, -0.2) is 37.8 Å². The largest absolute Gasteiger partial charge is 0.489 e. The summed E-state index contributed by atoms with van der Waals surface area (Å²) < 4.78 is 32.4. The molecular weight excluding hydrogens is 378 g/mol. The van der Waals surface area contributed by atoms with E-state index >= 15 is 0 Å². The van der Waals surface area contributed by atoms with Crippen molar-refractivity contribution in [1.29, 1.82) is 0 Å². The van der Waals surface area contributed by atoms with Gasteiger partial charge in [-0.1, -0.05) is 31.5 Å². The van der Waals surface area contributed by atoms with Crippen LogP contribution in [-0.2, 0) is 20.3 Å². The average Bonchev–Trinajstić information content (AvgIpc) is 3.01. The van der Waals surface area contributed by atoms with E-state index in [-0.39, 0.29) is 16.9 Å². The molecule has 2 heterocycles. The smallest absolute Gasteiger partial charge is 0.261 e. The lowest BCUT2D eigenvalue weighted by molar-refractivity contribution is -0.175. The number of carbonyl (C=O) groups is 1. The maximum Gasteiger partial charge on any atom is 0.261 e. The van der Waals surface area contributed by atoms with Crippen LogP contribution in [0.4, 0.5) is 0 Å². The molecular formula is C21H29NO5S. The summed E-state index contributed by atoms with van der Waals surface area (Å²) in [6.45, 7) is 3.08. The molecule has 2 aliphatic heterocycles. The van der Waals surface area contributed by atoms with Crippen LogP contribution >= 0.6 is 0 Å². The lowest BCUT2D eigenvalue weighted by Gasteiger charge is -2.64. The first-order valence-electron chi connectivity index (χ1n) is 10.2. The topological polar surface area (TPSA) is 92.7 Å². The third-order valence-corrected chi connectivity index (χ3v) is 7.36. The normalized spacial score (nSPS) is 37.5. The van der Waals surface area contributed by atoms with Gasteiger partial charge in [0.2, 0.25) is 5.91 Å². The van der Waals surface area contributed by atoms with E-state index in [1.165, 1.54) is 12.0 Å². The number of amides is 1. The number of rotatable bonds is 2. The van der Waals surface area contributed by atoms with Gasteiger partial charge in [0.1, 0.15) is 11.9 Å². The number of hydrogen-bond acceptors (Lipinski definition) is 4. The second-order valence-electron chi connectivity index (χ2n) is 8.75. The Kier molecular flexibility index (Phi) is 4.74. The first kappa shape index (κ1) is 19.7. The molecule has 7 heteroatoms.